The first-order valence-corrected chi connectivity index (χ1v) is 7.00. The van der Waals surface area contributed by atoms with Crippen LogP contribution in [-0.4, -0.2) is 9.91 Å². The Bertz CT molecular complexity index is 677. The highest BCUT2D eigenvalue weighted by Gasteiger charge is 2.11. The van der Waals surface area contributed by atoms with Gasteiger partial charge in [-0.2, -0.15) is 0 Å². The zero-order chi connectivity index (χ0) is 15.4. The van der Waals surface area contributed by atoms with Gasteiger partial charge in [0.05, 0.1) is 21.5 Å². The highest BCUT2D eigenvalue weighted by molar-refractivity contribution is 6.31. The summed E-state index contributed by atoms with van der Waals surface area (Å²) in [5, 5.41) is 10.9. The van der Waals surface area contributed by atoms with Gasteiger partial charge in [0.2, 0.25) is 0 Å². The molecule has 0 amide bonds. The second-order valence-electron chi connectivity index (χ2n) is 4.35. The molecule has 2 aromatic rings. The number of aryl methyl sites for hydroxylation is 1. The van der Waals surface area contributed by atoms with Crippen molar-refractivity contribution >= 4 is 28.9 Å². The van der Waals surface area contributed by atoms with Crippen molar-refractivity contribution in [2.75, 3.05) is 0 Å². The van der Waals surface area contributed by atoms with Crippen molar-refractivity contribution < 1.29 is 9.66 Å². The molecule has 0 bridgehead atoms. The molecule has 0 aliphatic carbocycles. The summed E-state index contributed by atoms with van der Waals surface area (Å²) < 4.78 is 5.65. The Labute approximate surface area is 131 Å². The molecule has 0 N–H and O–H groups in total. The molecule has 1 aromatic heterocycles. The molecule has 0 saturated carbocycles. The average Bonchev–Trinajstić information content (AvgIpc) is 2.46. The van der Waals surface area contributed by atoms with Crippen LogP contribution >= 0.6 is 23.2 Å². The van der Waals surface area contributed by atoms with Gasteiger partial charge < -0.3 is 4.74 Å². The molecule has 5 nitrogen and oxygen atoms in total. The van der Waals surface area contributed by atoms with Gasteiger partial charge in [-0.15, -0.1) is 11.6 Å². The molecular formula is C14H12Cl2N2O3. The van der Waals surface area contributed by atoms with Crippen molar-refractivity contribution in [3.05, 3.63) is 62.4 Å². The number of alkyl halides is 1. The van der Waals surface area contributed by atoms with E-state index in [1.54, 1.807) is 12.1 Å². The Morgan fingerprint density at radius 2 is 2.10 bits per heavy atom. The molecule has 0 radical (unpaired) electrons. The van der Waals surface area contributed by atoms with E-state index in [1.807, 2.05) is 13.0 Å². The lowest BCUT2D eigenvalue weighted by molar-refractivity contribution is -0.384. The fourth-order valence-corrected chi connectivity index (χ4v) is 2.17. The molecule has 0 atom stereocenters. The van der Waals surface area contributed by atoms with Crippen LogP contribution in [0.5, 0.6) is 5.75 Å². The predicted molar refractivity (Wildman–Crippen MR) is 81.0 cm³/mol. The van der Waals surface area contributed by atoms with Gasteiger partial charge in [-0.1, -0.05) is 11.6 Å². The molecular weight excluding hydrogens is 315 g/mol. The normalized spacial score (nSPS) is 10.4. The van der Waals surface area contributed by atoms with Crippen molar-refractivity contribution in [1.29, 1.82) is 0 Å². The number of ether oxygens (including phenoxy) is 1. The van der Waals surface area contributed by atoms with E-state index in [-0.39, 0.29) is 23.2 Å². The number of hydrogen-bond donors (Lipinski definition) is 0. The van der Waals surface area contributed by atoms with E-state index < -0.39 is 4.92 Å². The molecule has 0 unspecified atom stereocenters. The van der Waals surface area contributed by atoms with Gasteiger partial charge in [-0.3, -0.25) is 15.1 Å². The minimum Gasteiger partial charge on any atom is -0.487 e. The summed E-state index contributed by atoms with van der Waals surface area (Å²) in [7, 11) is 0. The number of nitrogens with zero attached hydrogens (tertiary/aromatic N) is 2. The molecule has 0 aliphatic rings. The number of nitro groups is 1. The fourth-order valence-electron chi connectivity index (χ4n) is 1.75. The van der Waals surface area contributed by atoms with E-state index in [1.165, 1.54) is 12.1 Å². The van der Waals surface area contributed by atoms with Gasteiger partial charge in [-0.05, 0) is 25.1 Å². The third-order valence-electron chi connectivity index (χ3n) is 2.83. The van der Waals surface area contributed by atoms with Crippen LogP contribution in [-0.2, 0) is 12.5 Å². The molecule has 21 heavy (non-hydrogen) atoms. The molecule has 0 fully saturated rings. The van der Waals surface area contributed by atoms with Crippen molar-refractivity contribution in [3.8, 4) is 5.75 Å². The summed E-state index contributed by atoms with van der Waals surface area (Å²) in [6, 6.07) is 7.88. The molecule has 1 heterocycles. The SMILES string of the molecule is Cc1ccc(OCc2ccc([N+](=O)[O-])cc2Cl)c(CCl)n1. The van der Waals surface area contributed by atoms with Gasteiger partial charge in [0.15, 0.2) is 0 Å². The van der Waals surface area contributed by atoms with Crippen molar-refractivity contribution in [3.63, 3.8) is 0 Å². The van der Waals surface area contributed by atoms with Gasteiger partial charge in [-0.25, -0.2) is 0 Å². The van der Waals surface area contributed by atoms with Crippen LogP contribution in [0.15, 0.2) is 30.3 Å². The van der Waals surface area contributed by atoms with Crippen LogP contribution < -0.4 is 4.74 Å². The van der Waals surface area contributed by atoms with E-state index >= 15 is 0 Å². The number of benzene rings is 1. The monoisotopic (exact) mass is 326 g/mol. The standard InChI is InChI=1S/C14H12Cl2N2O3/c1-9-2-5-14(13(7-15)17-9)21-8-10-3-4-11(18(19)20)6-12(10)16/h2-6H,7-8H2,1H3. The van der Waals surface area contributed by atoms with Crippen LogP contribution in [0.25, 0.3) is 0 Å². The summed E-state index contributed by atoms with van der Waals surface area (Å²) in [4.78, 5) is 14.4. The minimum atomic E-state index is -0.494. The number of non-ortho nitro benzene ring substituents is 1. The Kier molecular flexibility index (Phi) is 4.98. The van der Waals surface area contributed by atoms with Crippen molar-refractivity contribution in [1.82, 2.24) is 4.98 Å². The van der Waals surface area contributed by atoms with Crippen molar-refractivity contribution in [2.24, 2.45) is 0 Å². The average molecular weight is 327 g/mol. The molecule has 1 aromatic carbocycles. The van der Waals surface area contributed by atoms with Crippen LogP contribution in [0.4, 0.5) is 5.69 Å². The number of aromatic nitrogens is 1. The molecule has 2 rings (SSSR count). The van der Waals surface area contributed by atoms with E-state index in [9.17, 15) is 10.1 Å². The second kappa shape index (κ2) is 6.74. The van der Waals surface area contributed by atoms with Crippen LogP contribution in [0.1, 0.15) is 17.0 Å². The van der Waals surface area contributed by atoms with Gasteiger partial charge in [0.25, 0.3) is 5.69 Å². The fraction of sp³-hybridized carbons (Fsp3) is 0.214. The molecule has 0 saturated heterocycles. The minimum absolute atomic E-state index is 0.0535. The summed E-state index contributed by atoms with van der Waals surface area (Å²) in [6.45, 7) is 2.05. The molecule has 110 valence electrons. The van der Waals surface area contributed by atoms with Gasteiger partial charge >= 0.3 is 0 Å². The summed E-state index contributed by atoms with van der Waals surface area (Å²) >= 11 is 11.8. The molecule has 7 heteroatoms. The quantitative estimate of drug-likeness (QED) is 0.467. The summed E-state index contributed by atoms with van der Waals surface area (Å²) in [5.74, 6) is 0.815. The number of nitro benzene ring substituents is 1. The lowest BCUT2D eigenvalue weighted by atomic mass is 10.2. The zero-order valence-corrected chi connectivity index (χ0v) is 12.7. The zero-order valence-electron chi connectivity index (χ0n) is 11.2. The topological polar surface area (TPSA) is 65.3 Å². The molecule has 0 aliphatic heterocycles. The van der Waals surface area contributed by atoms with E-state index in [4.69, 9.17) is 27.9 Å². The first kappa shape index (κ1) is 15.5. The van der Waals surface area contributed by atoms with E-state index in [2.05, 4.69) is 4.98 Å². The number of halogens is 2. The second-order valence-corrected chi connectivity index (χ2v) is 5.03. The first-order chi connectivity index (χ1) is 10.0. The first-order valence-electron chi connectivity index (χ1n) is 6.09. The number of pyridine rings is 1. The van der Waals surface area contributed by atoms with E-state index in [0.717, 1.165) is 5.69 Å². The summed E-state index contributed by atoms with van der Waals surface area (Å²) in [6.07, 6.45) is 0. The predicted octanol–water partition coefficient (Wildman–Crippen LogP) is 4.27. The lowest BCUT2D eigenvalue weighted by Crippen LogP contribution is -2.01. The van der Waals surface area contributed by atoms with Crippen molar-refractivity contribution in [2.45, 2.75) is 19.4 Å². The highest BCUT2D eigenvalue weighted by Crippen LogP contribution is 2.25. The maximum absolute atomic E-state index is 10.7. The smallest absolute Gasteiger partial charge is 0.270 e. The Morgan fingerprint density at radius 3 is 2.71 bits per heavy atom. The Hall–Kier alpha value is -1.85. The van der Waals surface area contributed by atoms with Crippen LogP contribution in [0.3, 0.4) is 0 Å². The van der Waals surface area contributed by atoms with E-state index in [0.29, 0.717) is 17.0 Å². The highest BCUT2D eigenvalue weighted by atomic mass is 35.5. The largest absolute Gasteiger partial charge is 0.487 e. The third-order valence-corrected chi connectivity index (χ3v) is 3.43. The maximum atomic E-state index is 10.7. The maximum Gasteiger partial charge on any atom is 0.270 e. The van der Waals surface area contributed by atoms with Gasteiger partial charge in [0.1, 0.15) is 12.4 Å². The Morgan fingerprint density at radius 1 is 1.33 bits per heavy atom. The summed E-state index contributed by atoms with van der Waals surface area (Å²) in [5.41, 5.74) is 2.10. The van der Waals surface area contributed by atoms with Gasteiger partial charge in [0, 0.05) is 23.4 Å². The number of rotatable bonds is 5. The number of hydrogen-bond acceptors (Lipinski definition) is 4. The Balaban J connectivity index is 2.15. The van der Waals surface area contributed by atoms with Crippen LogP contribution in [0.2, 0.25) is 5.02 Å². The van der Waals surface area contributed by atoms with Crippen LogP contribution in [0, 0.1) is 17.0 Å². The molecule has 0 spiro atoms. The lowest BCUT2D eigenvalue weighted by Gasteiger charge is -2.11. The third kappa shape index (κ3) is 3.83.